The van der Waals surface area contributed by atoms with Gasteiger partial charge in [-0.25, -0.2) is 13.8 Å². The maximum absolute atomic E-state index is 13.5. The zero-order valence-corrected chi connectivity index (χ0v) is 15.7. The van der Waals surface area contributed by atoms with Gasteiger partial charge in [-0.2, -0.15) is 0 Å². The summed E-state index contributed by atoms with van der Waals surface area (Å²) in [6, 6.07) is 3.71. The number of halogens is 2. The van der Waals surface area contributed by atoms with Crippen molar-refractivity contribution in [1.29, 1.82) is 0 Å². The van der Waals surface area contributed by atoms with Crippen LogP contribution in [0.5, 0.6) is 0 Å². The Labute approximate surface area is 161 Å². The monoisotopic (exact) mass is 388 g/mol. The van der Waals surface area contributed by atoms with E-state index in [-0.39, 0.29) is 24.2 Å². The van der Waals surface area contributed by atoms with E-state index in [1.54, 1.807) is 16.0 Å². The first-order valence-electron chi connectivity index (χ1n) is 9.42. The van der Waals surface area contributed by atoms with Crippen LogP contribution in [0, 0.1) is 24.0 Å². The molecule has 1 aromatic carbocycles. The molecule has 2 aliphatic rings. The quantitative estimate of drug-likeness (QED) is 0.879. The fraction of sp³-hybridized carbons (Fsp3) is 0.450. The Hall–Kier alpha value is -2.77. The van der Waals surface area contributed by atoms with Crippen LogP contribution < -0.4 is 0 Å². The molecule has 28 heavy (non-hydrogen) atoms. The van der Waals surface area contributed by atoms with Crippen LogP contribution in [0.2, 0.25) is 0 Å². The van der Waals surface area contributed by atoms with E-state index >= 15 is 0 Å². The number of imidazole rings is 1. The number of aryl methyl sites for hydroxylation is 1. The number of H-pyrrole nitrogens is 1. The van der Waals surface area contributed by atoms with Crippen molar-refractivity contribution in [3.05, 3.63) is 53.1 Å². The first kappa shape index (κ1) is 18.6. The fourth-order valence-corrected chi connectivity index (χ4v) is 4.26. The van der Waals surface area contributed by atoms with E-state index in [2.05, 4.69) is 9.97 Å². The Morgan fingerprint density at radius 2 is 2.07 bits per heavy atom. The second kappa shape index (κ2) is 7.00. The molecule has 2 saturated heterocycles. The van der Waals surface area contributed by atoms with Gasteiger partial charge in [-0.05, 0) is 43.9 Å². The van der Waals surface area contributed by atoms with Crippen molar-refractivity contribution >= 4 is 11.8 Å². The highest BCUT2D eigenvalue weighted by molar-refractivity contribution is 5.92. The van der Waals surface area contributed by atoms with Gasteiger partial charge in [0.1, 0.15) is 0 Å². The van der Waals surface area contributed by atoms with E-state index in [0.29, 0.717) is 31.6 Å². The molecule has 0 radical (unpaired) electrons. The topological polar surface area (TPSA) is 69.3 Å². The summed E-state index contributed by atoms with van der Waals surface area (Å²) in [7, 11) is 0. The van der Waals surface area contributed by atoms with E-state index < -0.39 is 17.0 Å². The summed E-state index contributed by atoms with van der Waals surface area (Å²) < 4.78 is 26.7. The molecule has 4 rings (SSSR count). The van der Waals surface area contributed by atoms with Gasteiger partial charge in [-0.15, -0.1) is 0 Å². The van der Waals surface area contributed by atoms with E-state index in [1.165, 1.54) is 6.07 Å². The molecule has 8 heteroatoms. The Kier molecular flexibility index (Phi) is 4.64. The van der Waals surface area contributed by atoms with Crippen LogP contribution in [0.15, 0.2) is 24.4 Å². The number of hydrogen-bond donors (Lipinski definition) is 1. The molecule has 1 unspecified atom stereocenters. The molecule has 0 bridgehead atoms. The predicted octanol–water partition coefficient (Wildman–Crippen LogP) is 2.65. The summed E-state index contributed by atoms with van der Waals surface area (Å²) in [5.41, 5.74) is 0.763. The van der Waals surface area contributed by atoms with Gasteiger partial charge >= 0.3 is 0 Å². The zero-order chi connectivity index (χ0) is 19.9. The first-order chi connectivity index (χ1) is 13.4. The van der Waals surface area contributed by atoms with Crippen LogP contribution >= 0.6 is 0 Å². The number of hydrogen-bond acceptors (Lipinski definition) is 3. The van der Waals surface area contributed by atoms with Crippen molar-refractivity contribution < 1.29 is 18.4 Å². The SMILES string of the molecule is Cc1cnc(C(=O)N2CCC3(CCCN(Cc4ccc(F)c(F)c4)C3=O)C2)[nH]1. The van der Waals surface area contributed by atoms with Crippen molar-refractivity contribution in [1.82, 2.24) is 19.8 Å². The molecule has 1 N–H and O–H groups in total. The van der Waals surface area contributed by atoms with Crippen molar-refractivity contribution in [2.75, 3.05) is 19.6 Å². The molecule has 1 spiro atoms. The third kappa shape index (κ3) is 3.27. The zero-order valence-electron chi connectivity index (χ0n) is 15.7. The Morgan fingerprint density at radius 1 is 1.25 bits per heavy atom. The number of aromatic nitrogens is 2. The van der Waals surface area contributed by atoms with Crippen LogP contribution in [0.4, 0.5) is 8.78 Å². The second-order valence-electron chi connectivity index (χ2n) is 7.75. The number of carbonyl (C=O) groups excluding carboxylic acids is 2. The number of amides is 2. The van der Waals surface area contributed by atoms with Crippen molar-refractivity contribution in [3.63, 3.8) is 0 Å². The Bertz CT molecular complexity index is 929. The van der Waals surface area contributed by atoms with Crippen LogP contribution in [0.25, 0.3) is 0 Å². The van der Waals surface area contributed by atoms with E-state index in [0.717, 1.165) is 30.7 Å². The van der Waals surface area contributed by atoms with Gasteiger partial charge in [0.2, 0.25) is 5.91 Å². The van der Waals surface area contributed by atoms with E-state index in [4.69, 9.17) is 0 Å². The summed E-state index contributed by atoms with van der Waals surface area (Å²) in [5.74, 6) is -1.74. The van der Waals surface area contributed by atoms with Gasteiger partial charge < -0.3 is 14.8 Å². The lowest BCUT2D eigenvalue weighted by atomic mass is 9.78. The number of rotatable bonds is 3. The highest BCUT2D eigenvalue weighted by Gasteiger charge is 2.49. The lowest BCUT2D eigenvalue weighted by molar-refractivity contribution is -0.146. The first-order valence-corrected chi connectivity index (χ1v) is 9.42. The van der Waals surface area contributed by atoms with Crippen LogP contribution in [-0.4, -0.2) is 51.2 Å². The van der Waals surface area contributed by atoms with Crippen molar-refractivity contribution in [2.24, 2.45) is 5.41 Å². The maximum Gasteiger partial charge on any atom is 0.289 e. The predicted molar refractivity (Wildman–Crippen MR) is 97.3 cm³/mol. The number of nitrogens with one attached hydrogen (secondary N) is 1. The molecular formula is C20H22F2N4O2. The van der Waals surface area contributed by atoms with Crippen LogP contribution in [0.3, 0.4) is 0 Å². The molecule has 2 amide bonds. The smallest absolute Gasteiger partial charge is 0.289 e. The molecule has 148 valence electrons. The molecule has 2 aromatic rings. The summed E-state index contributed by atoms with van der Waals surface area (Å²) >= 11 is 0. The summed E-state index contributed by atoms with van der Waals surface area (Å²) in [6.07, 6.45) is 3.75. The van der Waals surface area contributed by atoms with Crippen LogP contribution in [-0.2, 0) is 11.3 Å². The molecule has 3 heterocycles. The highest BCUT2D eigenvalue weighted by atomic mass is 19.2. The third-order valence-electron chi connectivity index (χ3n) is 5.73. The molecular weight excluding hydrogens is 366 g/mol. The maximum atomic E-state index is 13.5. The van der Waals surface area contributed by atoms with Gasteiger partial charge in [0.05, 0.1) is 5.41 Å². The summed E-state index contributed by atoms with van der Waals surface area (Å²) in [6.45, 7) is 3.51. The fourth-order valence-electron chi connectivity index (χ4n) is 4.26. The lowest BCUT2D eigenvalue weighted by Gasteiger charge is -2.39. The summed E-state index contributed by atoms with van der Waals surface area (Å²) in [4.78, 5) is 36.3. The Balaban J connectivity index is 1.48. The molecule has 1 atom stereocenters. The van der Waals surface area contributed by atoms with Gasteiger partial charge in [-0.3, -0.25) is 9.59 Å². The molecule has 6 nitrogen and oxygen atoms in total. The third-order valence-corrected chi connectivity index (χ3v) is 5.73. The van der Waals surface area contributed by atoms with Crippen molar-refractivity contribution in [2.45, 2.75) is 32.7 Å². The van der Waals surface area contributed by atoms with Gasteiger partial charge in [-0.1, -0.05) is 6.07 Å². The van der Waals surface area contributed by atoms with Crippen LogP contribution in [0.1, 0.15) is 41.1 Å². The van der Waals surface area contributed by atoms with E-state index in [1.807, 2.05) is 6.92 Å². The minimum absolute atomic E-state index is 0.0191. The molecule has 2 aliphatic heterocycles. The molecule has 0 aliphatic carbocycles. The lowest BCUT2D eigenvalue weighted by Crippen LogP contribution is -2.50. The minimum atomic E-state index is -0.914. The van der Waals surface area contributed by atoms with Gasteiger partial charge in [0.25, 0.3) is 5.91 Å². The largest absolute Gasteiger partial charge is 0.338 e. The average Bonchev–Trinajstić information content (AvgIpc) is 3.29. The average molecular weight is 388 g/mol. The number of nitrogens with zero attached hydrogens (tertiary/aromatic N) is 3. The molecule has 0 saturated carbocycles. The number of benzene rings is 1. The Morgan fingerprint density at radius 3 is 2.79 bits per heavy atom. The van der Waals surface area contributed by atoms with Crippen molar-refractivity contribution in [3.8, 4) is 0 Å². The number of carbonyl (C=O) groups is 2. The standard InChI is InChI=1S/C20H22F2N4O2/c1-13-10-23-17(24-13)18(27)26-8-6-20(12-26)5-2-7-25(19(20)28)11-14-3-4-15(21)16(22)9-14/h3-4,9-10H,2,5-8,11-12H2,1H3,(H,23,24). The normalized spacial score (nSPS) is 22.3. The van der Waals surface area contributed by atoms with Gasteiger partial charge in [0, 0.05) is 38.1 Å². The van der Waals surface area contributed by atoms with E-state index in [9.17, 15) is 18.4 Å². The second-order valence-corrected chi connectivity index (χ2v) is 7.75. The number of piperidine rings is 1. The highest BCUT2D eigenvalue weighted by Crippen LogP contribution is 2.40. The summed E-state index contributed by atoms with van der Waals surface area (Å²) in [5, 5.41) is 0. The molecule has 2 fully saturated rings. The molecule has 1 aromatic heterocycles. The number of likely N-dealkylation sites (tertiary alicyclic amines) is 2. The number of aromatic amines is 1. The minimum Gasteiger partial charge on any atom is -0.338 e. The van der Waals surface area contributed by atoms with Gasteiger partial charge in [0.15, 0.2) is 17.5 Å².